The first-order chi connectivity index (χ1) is 18.8. The Kier molecular flexibility index (Phi) is 6.33. The number of fused-ring (bicyclic) bond motifs is 3. The van der Waals surface area contributed by atoms with Gasteiger partial charge in [-0.15, -0.1) is 0 Å². The third-order valence-corrected chi connectivity index (χ3v) is 11.1. The first-order valence-electron chi connectivity index (χ1n) is 14.2. The highest BCUT2D eigenvalue weighted by molar-refractivity contribution is 7.86. The van der Waals surface area contributed by atoms with Gasteiger partial charge in [-0.3, -0.25) is 8.98 Å². The summed E-state index contributed by atoms with van der Waals surface area (Å²) in [5, 5.41) is 14.4. The summed E-state index contributed by atoms with van der Waals surface area (Å²) in [5.41, 5.74) is 1.42. The molecule has 6 atom stereocenters. The lowest BCUT2D eigenvalue weighted by Crippen LogP contribution is -2.73. The van der Waals surface area contributed by atoms with Gasteiger partial charge in [0.1, 0.15) is 29.8 Å². The smallest absolute Gasteiger partial charge is 0.264 e. The predicted molar refractivity (Wildman–Crippen MR) is 150 cm³/mol. The lowest BCUT2D eigenvalue weighted by atomic mass is 9.43. The molecule has 0 saturated heterocycles. The van der Waals surface area contributed by atoms with Gasteiger partial charge in [-0.2, -0.15) is 8.42 Å². The van der Waals surface area contributed by atoms with Gasteiger partial charge in [0, 0.05) is 35.4 Å². The molecular weight excluding hydrogens is 530 g/mol. The Balaban J connectivity index is 1.51. The van der Waals surface area contributed by atoms with E-state index in [2.05, 4.69) is 19.2 Å². The Morgan fingerprint density at radius 2 is 1.85 bits per heavy atom. The van der Waals surface area contributed by atoms with Crippen LogP contribution in [0.3, 0.4) is 0 Å². The van der Waals surface area contributed by atoms with Crippen LogP contribution in [0.15, 0.2) is 36.4 Å². The second kappa shape index (κ2) is 9.19. The number of carbonyl (C=O) groups excluding carboxylic acids is 1. The lowest BCUT2D eigenvalue weighted by Gasteiger charge is -2.67. The Hall–Kier alpha value is -2.62. The van der Waals surface area contributed by atoms with E-state index >= 15 is 0 Å². The molecule has 216 valence electrons. The number of ether oxygens (including phenoxy) is 2. The average molecular weight is 570 g/mol. The first-order valence-corrected chi connectivity index (χ1v) is 16.0. The molecule has 40 heavy (non-hydrogen) atoms. The second-order valence-corrected chi connectivity index (χ2v) is 14.7. The number of aliphatic hydroxyl groups excluding tert-OH is 1. The van der Waals surface area contributed by atoms with Crippen LogP contribution in [0.2, 0.25) is 0 Å². The third-order valence-electron chi connectivity index (χ3n) is 10.5. The Morgan fingerprint density at radius 1 is 1.12 bits per heavy atom. The molecular formula is C31H39NO7S. The van der Waals surface area contributed by atoms with Gasteiger partial charge in [0.2, 0.25) is 0 Å². The van der Waals surface area contributed by atoms with E-state index in [1.807, 2.05) is 50.2 Å². The van der Waals surface area contributed by atoms with Crippen molar-refractivity contribution in [2.24, 2.45) is 22.7 Å². The van der Waals surface area contributed by atoms with E-state index in [4.69, 9.17) is 13.7 Å². The fourth-order valence-corrected chi connectivity index (χ4v) is 8.78. The van der Waals surface area contributed by atoms with Gasteiger partial charge in [0.05, 0.1) is 17.9 Å². The summed E-state index contributed by atoms with van der Waals surface area (Å²) >= 11 is 0. The summed E-state index contributed by atoms with van der Waals surface area (Å²) in [6.45, 7) is 9.17. The predicted octanol–water partition coefficient (Wildman–Crippen LogP) is 4.37. The molecule has 1 amide bonds. The average Bonchev–Trinajstić information content (AvgIpc) is 3.26. The van der Waals surface area contributed by atoms with Crippen molar-refractivity contribution in [3.8, 4) is 11.5 Å². The summed E-state index contributed by atoms with van der Waals surface area (Å²) in [6.07, 6.45) is 1.78. The molecule has 2 aliphatic carbocycles. The van der Waals surface area contributed by atoms with E-state index in [0.717, 1.165) is 35.8 Å². The summed E-state index contributed by atoms with van der Waals surface area (Å²) in [7, 11) is -3.83. The number of benzene rings is 2. The van der Waals surface area contributed by atoms with Gasteiger partial charge < -0.3 is 19.9 Å². The normalized spacial score (nSPS) is 34.0. The zero-order valence-electron chi connectivity index (χ0n) is 23.8. The van der Waals surface area contributed by atoms with E-state index in [-0.39, 0.29) is 24.2 Å². The van der Waals surface area contributed by atoms with Gasteiger partial charge in [0.25, 0.3) is 16.0 Å². The SMILES string of the molecule is C[C@H]1CC[C@H]2C(C)(C)[C@H](O)[C@@H](OS(C)(=O)=O)C[C@]23Oc2c(c(OCc4ccccc4)cc4c2CNC4=O)C[C@]13C. The number of hydrogen-bond donors (Lipinski definition) is 2. The van der Waals surface area contributed by atoms with E-state index < -0.39 is 38.8 Å². The molecule has 0 aromatic heterocycles. The minimum Gasteiger partial charge on any atom is -0.488 e. The molecule has 1 spiro atoms. The molecule has 0 unspecified atom stereocenters. The maximum Gasteiger partial charge on any atom is 0.264 e. The molecule has 2 aromatic rings. The van der Waals surface area contributed by atoms with Crippen LogP contribution in [0.25, 0.3) is 0 Å². The highest BCUT2D eigenvalue weighted by Gasteiger charge is 2.70. The van der Waals surface area contributed by atoms with Crippen molar-refractivity contribution in [3.05, 3.63) is 58.7 Å². The zero-order valence-corrected chi connectivity index (χ0v) is 24.6. The summed E-state index contributed by atoms with van der Waals surface area (Å²) in [4.78, 5) is 12.9. The van der Waals surface area contributed by atoms with Crippen molar-refractivity contribution >= 4 is 16.0 Å². The lowest BCUT2D eigenvalue weighted by molar-refractivity contribution is -0.256. The maximum absolute atomic E-state index is 12.9. The fraction of sp³-hybridized carbons (Fsp3) is 0.581. The molecule has 0 bridgehead atoms. The molecule has 2 fully saturated rings. The summed E-state index contributed by atoms with van der Waals surface area (Å²) < 4.78 is 43.8. The number of nitrogens with one attached hydrogen (secondary N) is 1. The van der Waals surface area contributed by atoms with Gasteiger partial charge in [0.15, 0.2) is 0 Å². The largest absolute Gasteiger partial charge is 0.488 e. The van der Waals surface area contributed by atoms with Gasteiger partial charge in [-0.25, -0.2) is 0 Å². The molecule has 6 rings (SSSR count). The monoisotopic (exact) mass is 569 g/mol. The molecule has 2 N–H and O–H groups in total. The second-order valence-electron chi connectivity index (χ2n) is 13.1. The van der Waals surface area contributed by atoms with Crippen molar-refractivity contribution in [2.75, 3.05) is 6.26 Å². The van der Waals surface area contributed by atoms with Crippen molar-refractivity contribution in [1.82, 2.24) is 5.32 Å². The Morgan fingerprint density at radius 3 is 2.55 bits per heavy atom. The van der Waals surface area contributed by atoms with Gasteiger partial charge >= 0.3 is 0 Å². The van der Waals surface area contributed by atoms with Crippen LogP contribution in [0.5, 0.6) is 11.5 Å². The van der Waals surface area contributed by atoms with E-state index in [1.165, 1.54) is 0 Å². The van der Waals surface area contributed by atoms with Crippen molar-refractivity contribution in [1.29, 1.82) is 0 Å². The zero-order chi connectivity index (χ0) is 28.7. The molecule has 4 aliphatic rings. The van der Waals surface area contributed by atoms with E-state index in [9.17, 15) is 18.3 Å². The Labute approximate surface area is 236 Å². The maximum atomic E-state index is 12.9. The summed E-state index contributed by atoms with van der Waals surface area (Å²) in [5.74, 6) is 1.32. The van der Waals surface area contributed by atoms with Crippen LogP contribution in [0, 0.1) is 22.7 Å². The number of amides is 1. The van der Waals surface area contributed by atoms with E-state index in [1.54, 1.807) is 0 Å². The van der Waals surface area contributed by atoms with Crippen LogP contribution in [-0.2, 0) is 33.9 Å². The Bertz CT molecular complexity index is 1460. The molecule has 2 aromatic carbocycles. The highest BCUT2D eigenvalue weighted by Crippen LogP contribution is 2.67. The number of carbonyl (C=O) groups is 1. The molecule has 0 radical (unpaired) electrons. The highest BCUT2D eigenvalue weighted by atomic mass is 32.2. The number of aliphatic hydroxyl groups is 1. The first kappa shape index (κ1) is 27.5. The minimum absolute atomic E-state index is 0.0571. The molecule has 2 saturated carbocycles. The minimum atomic E-state index is -3.83. The van der Waals surface area contributed by atoms with E-state index in [0.29, 0.717) is 36.6 Å². The van der Waals surface area contributed by atoms with Gasteiger partial charge in [-0.1, -0.05) is 58.0 Å². The fourth-order valence-electron chi connectivity index (χ4n) is 8.16. The van der Waals surface area contributed by atoms with Crippen molar-refractivity contribution in [3.63, 3.8) is 0 Å². The number of rotatable bonds is 5. The number of hydrogen-bond acceptors (Lipinski definition) is 7. The quantitative estimate of drug-likeness (QED) is 0.515. The van der Waals surface area contributed by atoms with Crippen LogP contribution in [0.4, 0.5) is 0 Å². The van der Waals surface area contributed by atoms with Crippen molar-refractivity contribution < 1.29 is 32.0 Å². The molecule has 2 aliphatic heterocycles. The third kappa shape index (κ3) is 4.07. The van der Waals surface area contributed by atoms with Crippen LogP contribution < -0.4 is 14.8 Å². The molecule has 9 heteroatoms. The molecule has 8 nitrogen and oxygen atoms in total. The summed E-state index contributed by atoms with van der Waals surface area (Å²) in [6, 6.07) is 11.8. The van der Waals surface area contributed by atoms with Crippen LogP contribution in [-0.4, -0.2) is 43.5 Å². The van der Waals surface area contributed by atoms with Crippen LogP contribution >= 0.6 is 0 Å². The molecule has 2 heterocycles. The van der Waals surface area contributed by atoms with Gasteiger partial charge in [-0.05, 0) is 42.2 Å². The topological polar surface area (TPSA) is 111 Å². The standard InChI is InChI=1S/C31H39NO7S/c1-18-11-12-25-29(2,3)27(33)24(39-40(5,35)36)15-31(25)30(18,4)14-21-23(37-17-19-9-7-6-8-10-19)13-20-22(26(21)38-31)16-32-28(20)34/h6-10,13,18,24-25,27,33H,11-12,14-17H2,1-5H3,(H,32,34)/t18-,24-,25-,27+,30+,31-/m0/s1. The van der Waals surface area contributed by atoms with Crippen LogP contribution in [0.1, 0.15) is 74.0 Å². The van der Waals surface area contributed by atoms with Crippen molar-refractivity contribution in [2.45, 2.75) is 84.3 Å².